The maximum absolute atomic E-state index is 11.1. The van der Waals surface area contributed by atoms with Crippen LogP contribution in [-0.2, 0) is 11.3 Å². The first kappa shape index (κ1) is 12.4. The van der Waals surface area contributed by atoms with Crippen LogP contribution in [0.15, 0.2) is 21.0 Å². The van der Waals surface area contributed by atoms with Gasteiger partial charge in [0.05, 0.1) is 11.6 Å². The second-order valence-electron chi connectivity index (χ2n) is 3.38. The quantitative estimate of drug-likeness (QED) is 0.937. The Morgan fingerprint density at radius 1 is 1.59 bits per heavy atom. The summed E-state index contributed by atoms with van der Waals surface area (Å²) in [7, 11) is 1.49. The zero-order valence-electron chi connectivity index (χ0n) is 8.79. The lowest BCUT2D eigenvalue weighted by Gasteiger charge is -2.00. The number of carboxylic acid groups (broad SMARTS) is 1. The minimum Gasteiger partial charge on any atom is -0.475 e. The van der Waals surface area contributed by atoms with Crippen LogP contribution in [0, 0.1) is 0 Å². The first-order chi connectivity index (χ1) is 8.06. The third-order valence-corrected chi connectivity index (χ3v) is 3.28. The fourth-order valence-electron chi connectivity index (χ4n) is 1.65. The Balaban J connectivity index is 2.84. The standard InChI is InChI=1S/C11H8BrClO4/c1-16-4-5-8-6(12)2-3-7(13)10(8)17-9(5)11(14)15/h2-3H,4H2,1H3,(H,14,15). The van der Waals surface area contributed by atoms with Gasteiger partial charge in [0.15, 0.2) is 5.58 Å². The van der Waals surface area contributed by atoms with Gasteiger partial charge in [-0.25, -0.2) is 4.79 Å². The summed E-state index contributed by atoms with van der Waals surface area (Å²) in [6, 6.07) is 3.38. The van der Waals surface area contributed by atoms with Crippen LogP contribution in [0.5, 0.6) is 0 Å². The van der Waals surface area contributed by atoms with Gasteiger partial charge in [-0.3, -0.25) is 0 Å². The minimum absolute atomic E-state index is 0.143. The number of aromatic carboxylic acids is 1. The normalized spacial score (nSPS) is 11.0. The van der Waals surface area contributed by atoms with Crippen LogP contribution in [0.2, 0.25) is 5.02 Å². The van der Waals surface area contributed by atoms with Gasteiger partial charge in [0, 0.05) is 22.5 Å². The summed E-state index contributed by atoms with van der Waals surface area (Å²) in [5, 5.41) is 10.1. The number of halogens is 2. The summed E-state index contributed by atoms with van der Waals surface area (Å²) >= 11 is 9.32. The van der Waals surface area contributed by atoms with E-state index < -0.39 is 5.97 Å². The number of hydrogen-bond donors (Lipinski definition) is 1. The number of rotatable bonds is 3. The third kappa shape index (κ3) is 2.06. The molecule has 0 spiro atoms. The largest absolute Gasteiger partial charge is 0.475 e. The van der Waals surface area contributed by atoms with Gasteiger partial charge in [0.25, 0.3) is 0 Å². The molecule has 0 unspecified atom stereocenters. The van der Waals surface area contributed by atoms with E-state index in [1.165, 1.54) is 7.11 Å². The van der Waals surface area contributed by atoms with E-state index in [9.17, 15) is 4.79 Å². The summed E-state index contributed by atoms with van der Waals surface area (Å²) in [5.41, 5.74) is 0.829. The summed E-state index contributed by atoms with van der Waals surface area (Å²) in [6.45, 7) is 0.146. The molecule has 0 saturated heterocycles. The molecule has 0 aliphatic rings. The molecule has 17 heavy (non-hydrogen) atoms. The molecule has 1 heterocycles. The van der Waals surface area contributed by atoms with Crippen molar-refractivity contribution < 1.29 is 19.1 Å². The monoisotopic (exact) mass is 318 g/mol. The number of hydrogen-bond acceptors (Lipinski definition) is 3. The Morgan fingerprint density at radius 3 is 2.88 bits per heavy atom. The van der Waals surface area contributed by atoms with Crippen LogP contribution in [0.4, 0.5) is 0 Å². The van der Waals surface area contributed by atoms with E-state index in [0.29, 0.717) is 21.6 Å². The molecule has 0 atom stereocenters. The van der Waals surface area contributed by atoms with Crippen LogP contribution in [0.25, 0.3) is 11.0 Å². The zero-order valence-corrected chi connectivity index (χ0v) is 11.1. The molecule has 90 valence electrons. The van der Waals surface area contributed by atoms with E-state index in [1.54, 1.807) is 12.1 Å². The average molecular weight is 320 g/mol. The number of ether oxygens (including phenoxy) is 1. The van der Waals surface area contributed by atoms with Crippen LogP contribution in [-0.4, -0.2) is 18.2 Å². The smallest absolute Gasteiger partial charge is 0.372 e. The van der Waals surface area contributed by atoms with Gasteiger partial charge >= 0.3 is 5.97 Å². The third-order valence-electron chi connectivity index (χ3n) is 2.32. The van der Waals surface area contributed by atoms with Gasteiger partial charge in [0.1, 0.15) is 0 Å². The van der Waals surface area contributed by atoms with Crippen LogP contribution >= 0.6 is 27.5 Å². The number of fused-ring (bicyclic) bond motifs is 1. The Morgan fingerprint density at radius 2 is 2.29 bits per heavy atom. The van der Waals surface area contributed by atoms with Crippen molar-refractivity contribution >= 4 is 44.5 Å². The number of furan rings is 1. The van der Waals surface area contributed by atoms with Gasteiger partial charge in [-0.15, -0.1) is 0 Å². The Hall–Kier alpha value is -1.04. The highest BCUT2D eigenvalue weighted by Crippen LogP contribution is 2.36. The maximum atomic E-state index is 11.1. The van der Waals surface area contributed by atoms with E-state index in [1.807, 2.05) is 0 Å². The van der Waals surface area contributed by atoms with E-state index in [-0.39, 0.29) is 12.4 Å². The Bertz CT molecular complexity index is 591. The molecule has 4 nitrogen and oxygen atoms in total. The van der Waals surface area contributed by atoms with Gasteiger partial charge in [-0.05, 0) is 12.1 Å². The molecule has 0 aliphatic heterocycles. The fourth-order valence-corrected chi connectivity index (χ4v) is 2.39. The number of benzene rings is 1. The first-order valence-corrected chi connectivity index (χ1v) is 5.85. The minimum atomic E-state index is -1.14. The molecule has 0 saturated carbocycles. The summed E-state index contributed by atoms with van der Waals surface area (Å²) in [6.07, 6.45) is 0. The predicted octanol–water partition coefficient (Wildman–Crippen LogP) is 3.69. The molecule has 0 amide bonds. The van der Waals surface area contributed by atoms with Crippen molar-refractivity contribution in [2.75, 3.05) is 7.11 Å². The molecule has 0 fully saturated rings. The van der Waals surface area contributed by atoms with Crippen molar-refractivity contribution in [1.29, 1.82) is 0 Å². The first-order valence-electron chi connectivity index (χ1n) is 4.68. The molecule has 1 aromatic heterocycles. The lowest BCUT2D eigenvalue weighted by atomic mass is 10.1. The molecule has 2 aromatic rings. The van der Waals surface area contributed by atoms with Crippen molar-refractivity contribution in [2.45, 2.75) is 6.61 Å². The summed E-state index contributed by atoms with van der Waals surface area (Å²) in [4.78, 5) is 11.1. The summed E-state index contributed by atoms with van der Waals surface area (Å²) in [5.74, 6) is -1.29. The van der Waals surface area contributed by atoms with Gasteiger partial charge in [-0.2, -0.15) is 0 Å². The van der Waals surface area contributed by atoms with E-state index in [0.717, 1.165) is 4.47 Å². The van der Waals surface area contributed by atoms with Crippen molar-refractivity contribution in [3.8, 4) is 0 Å². The Kier molecular flexibility index (Phi) is 3.42. The Labute approximate surface area is 110 Å². The second-order valence-corrected chi connectivity index (χ2v) is 4.64. The number of carboxylic acids is 1. The van der Waals surface area contributed by atoms with Gasteiger partial charge in [0.2, 0.25) is 5.76 Å². The molecule has 1 N–H and O–H groups in total. The van der Waals surface area contributed by atoms with E-state index >= 15 is 0 Å². The molecule has 0 aliphatic carbocycles. The van der Waals surface area contributed by atoms with Crippen LogP contribution in [0.1, 0.15) is 16.1 Å². The van der Waals surface area contributed by atoms with E-state index in [2.05, 4.69) is 15.9 Å². The molecule has 6 heteroatoms. The van der Waals surface area contributed by atoms with Gasteiger partial charge in [-0.1, -0.05) is 27.5 Å². The van der Waals surface area contributed by atoms with Crippen LogP contribution in [0.3, 0.4) is 0 Å². The van der Waals surface area contributed by atoms with Crippen molar-refractivity contribution in [3.63, 3.8) is 0 Å². The molecule has 2 rings (SSSR count). The number of methoxy groups -OCH3 is 1. The lowest BCUT2D eigenvalue weighted by molar-refractivity contribution is 0.0658. The lowest BCUT2D eigenvalue weighted by Crippen LogP contribution is -2.00. The number of carbonyl (C=O) groups is 1. The van der Waals surface area contributed by atoms with Crippen molar-refractivity contribution in [1.82, 2.24) is 0 Å². The zero-order chi connectivity index (χ0) is 12.6. The maximum Gasteiger partial charge on any atom is 0.372 e. The van der Waals surface area contributed by atoms with E-state index in [4.69, 9.17) is 25.9 Å². The molecule has 0 radical (unpaired) electrons. The van der Waals surface area contributed by atoms with Crippen molar-refractivity contribution in [2.24, 2.45) is 0 Å². The fraction of sp³-hybridized carbons (Fsp3) is 0.182. The highest BCUT2D eigenvalue weighted by molar-refractivity contribution is 9.10. The predicted molar refractivity (Wildman–Crippen MR) is 66.6 cm³/mol. The molecule has 0 bridgehead atoms. The SMILES string of the molecule is COCc1c(C(=O)O)oc2c(Cl)ccc(Br)c12. The topological polar surface area (TPSA) is 59.7 Å². The molecule has 1 aromatic carbocycles. The van der Waals surface area contributed by atoms with Gasteiger partial charge < -0.3 is 14.3 Å². The average Bonchev–Trinajstić information content (AvgIpc) is 2.65. The molecular weight excluding hydrogens is 311 g/mol. The van der Waals surface area contributed by atoms with Crippen LogP contribution < -0.4 is 0 Å². The second kappa shape index (κ2) is 4.68. The molecular formula is C11H8BrClO4. The summed E-state index contributed by atoms with van der Waals surface area (Å²) < 4.78 is 11.0. The highest BCUT2D eigenvalue weighted by Gasteiger charge is 2.22. The van der Waals surface area contributed by atoms with Crippen molar-refractivity contribution in [3.05, 3.63) is 33.0 Å². The highest BCUT2D eigenvalue weighted by atomic mass is 79.9.